The molecular formula is C4H5N3O3. The van der Waals surface area contributed by atoms with E-state index >= 15 is 0 Å². The van der Waals surface area contributed by atoms with Gasteiger partial charge >= 0.3 is 5.97 Å². The minimum atomic E-state index is -1.31. The summed E-state index contributed by atoms with van der Waals surface area (Å²) in [6.07, 6.45) is 0. The van der Waals surface area contributed by atoms with Crippen molar-refractivity contribution in [2.75, 3.05) is 0 Å². The van der Waals surface area contributed by atoms with Crippen molar-refractivity contribution in [2.45, 2.75) is 0 Å². The number of rotatable bonds is 1. The van der Waals surface area contributed by atoms with E-state index in [2.05, 4.69) is 5.10 Å². The van der Waals surface area contributed by atoms with Crippen LogP contribution in [0.5, 0.6) is 0 Å². The Labute approximate surface area is 55.7 Å². The molecule has 6 heteroatoms. The highest BCUT2D eigenvalue weighted by molar-refractivity contribution is 6.19. The molecule has 0 saturated carbocycles. The fraction of sp³-hybridized carbons (Fsp3) is 0.250. The van der Waals surface area contributed by atoms with Crippen LogP contribution in [0.15, 0.2) is 5.10 Å². The number of hydrazone groups is 1. The molecule has 1 unspecified atom stereocenters. The number of hydrogen-bond donors (Lipinski definition) is 3. The smallest absolute Gasteiger partial charge is 0.324 e. The standard InChI is InChI=1S/C4H5N3O3/c5-2-1(4(9)10)3(8)7-6-2/h1H,(H2,5,6)(H,7,8)(H,9,10). The first-order valence-electron chi connectivity index (χ1n) is 2.48. The lowest BCUT2D eigenvalue weighted by atomic mass is 10.1. The molecule has 4 N–H and O–H groups in total. The maximum absolute atomic E-state index is 10.5. The van der Waals surface area contributed by atoms with Gasteiger partial charge in [-0.1, -0.05) is 0 Å². The van der Waals surface area contributed by atoms with Gasteiger partial charge in [-0.3, -0.25) is 9.59 Å². The average molecular weight is 143 g/mol. The van der Waals surface area contributed by atoms with Gasteiger partial charge in [0.25, 0.3) is 5.91 Å². The van der Waals surface area contributed by atoms with E-state index in [0.29, 0.717) is 0 Å². The van der Waals surface area contributed by atoms with Crippen molar-refractivity contribution in [1.29, 1.82) is 0 Å². The Morgan fingerprint density at radius 1 is 1.80 bits per heavy atom. The number of nitrogens with one attached hydrogen (secondary N) is 1. The number of carbonyl (C=O) groups excluding carboxylic acids is 1. The summed E-state index contributed by atoms with van der Waals surface area (Å²) in [7, 11) is 0. The third kappa shape index (κ3) is 0.790. The molecule has 0 fully saturated rings. The van der Waals surface area contributed by atoms with Crippen LogP contribution in [-0.4, -0.2) is 22.8 Å². The van der Waals surface area contributed by atoms with Crippen LogP contribution in [0.3, 0.4) is 0 Å². The monoisotopic (exact) mass is 143 g/mol. The molecule has 1 atom stereocenters. The van der Waals surface area contributed by atoms with Crippen molar-refractivity contribution in [1.82, 2.24) is 5.43 Å². The fourth-order valence-electron chi connectivity index (χ4n) is 0.622. The van der Waals surface area contributed by atoms with Crippen molar-refractivity contribution in [3.8, 4) is 0 Å². The van der Waals surface area contributed by atoms with E-state index in [4.69, 9.17) is 10.8 Å². The van der Waals surface area contributed by atoms with Crippen LogP contribution >= 0.6 is 0 Å². The molecule has 10 heavy (non-hydrogen) atoms. The van der Waals surface area contributed by atoms with Crippen LogP contribution in [0.1, 0.15) is 0 Å². The molecular weight excluding hydrogens is 138 g/mol. The molecule has 0 radical (unpaired) electrons. The molecule has 0 spiro atoms. The minimum Gasteiger partial charge on any atom is -0.480 e. The van der Waals surface area contributed by atoms with Crippen LogP contribution in [0.25, 0.3) is 0 Å². The van der Waals surface area contributed by atoms with Gasteiger partial charge in [-0.15, -0.1) is 0 Å². The molecule has 0 aromatic carbocycles. The Bertz CT molecular complexity index is 222. The van der Waals surface area contributed by atoms with Gasteiger partial charge in [0.1, 0.15) is 5.84 Å². The largest absolute Gasteiger partial charge is 0.480 e. The zero-order valence-electron chi connectivity index (χ0n) is 4.87. The summed E-state index contributed by atoms with van der Waals surface area (Å²) < 4.78 is 0. The third-order valence-electron chi connectivity index (χ3n) is 1.10. The first kappa shape index (κ1) is 6.53. The quantitative estimate of drug-likeness (QED) is 0.372. The Morgan fingerprint density at radius 2 is 2.40 bits per heavy atom. The first-order chi connectivity index (χ1) is 4.63. The van der Waals surface area contributed by atoms with Crippen LogP contribution in [0.2, 0.25) is 0 Å². The highest BCUT2D eigenvalue weighted by atomic mass is 16.4. The maximum Gasteiger partial charge on any atom is 0.324 e. The fourth-order valence-corrected chi connectivity index (χ4v) is 0.622. The second kappa shape index (κ2) is 1.98. The van der Waals surface area contributed by atoms with E-state index < -0.39 is 17.8 Å². The SMILES string of the molecule is NC1=NNC(=O)C1C(=O)O. The lowest BCUT2D eigenvalue weighted by Gasteiger charge is -1.97. The van der Waals surface area contributed by atoms with E-state index in [1.165, 1.54) is 0 Å². The number of carboxylic acids is 1. The second-order valence-corrected chi connectivity index (χ2v) is 1.78. The number of carbonyl (C=O) groups is 2. The molecule has 54 valence electrons. The van der Waals surface area contributed by atoms with Crippen LogP contribution in [-0.2, 0) is 9.59 Å². The predicted molar refractivity (Wildman–Crippen MR) is 30.9 cm³/mol. The van der Waals surface area contributed by atoms with Gasteiger partial charge in [0, 0.05) is 0 Å². The Hall–Kier alpha value is -1.59. The Balaban J connectivity index is 2.84. The summed E-state index contributed by atoms with van der Waals surface area (Å²) >= 11 is 0. The summed E-state index contributed by atoms with van der Waals surface area (Å²) in [6, 6.07) is 0. The number of nitrogens with two attached hydrogens (primary N) is 1. The number of carboxylic acid groups (broad SMARTS) is 1. The van der Waals surface area contributed by atoms with Crippen molar-refractivity contribution in [3.05, 3.63) is 0 Å². The average Bonchev–Trinajstić information content (AvgIpc) is 2.11. The molecule has 1 amide bonds. The zero-order chi connectivity index (χ0) is 7.72. The predicted octanol–water partition coefficient (Wildman–Crippen LogP) is -1.91. The van der Waals surface area contributed by atoms with Crippen molar-refractivity contribution in [2.24, 2.45) is 16.8 Å². The third-order valence-corrected chi connectivity index (χ3v) is 1.10. The van der Waals surface area contributed by atoms with E-state index in [0.717, 1.165) is 0 Å². The molecule has 0 aromatic heterocycles. The zero-order valence-corrected chi connectivity index (χ0v) is 4.87. The second-order valence-electron chi connectivity index (χ2n) is 1.78. The van der Waals surface area contributed by atoms with Gasteiger partial charge in [-0.2, -0.15) is 5.10 Å². The maximum atomic E-state index is 10.5. The summed E-state index contributed by atoms with van der Waals surface area (Å²) in [6.45, 7) is 0. The number of amidine groups is 1. The van der Waals surface area contributed by atoms with Crippen LogP contribution in [0, 0.1) is 5.92 Å². The van der Waals surface area contributed by atoms with Crippen LogP contribution in [0.4, 0.5) is 0 Å². The lowest BCUT2D eigenvalue weighted by molar-refractivity contribution is -0.143. The Kier molecular flexibility index (Phi) is 1.29. The highest BCUT2D eigenvalue weighted by Crippen LogP contribution is 2.02. The topological polar surface area (TPSA) is 105 Å². The van der Waals surface area contributed by atoms with Crippen molar-refractivity contribution in [3.63, 3.8) is 0 Å². The molecule has 0 saturated heterocycles. The van der Waals surface area contributed by atoms with Crippen molar-refractivity contribution < 1.29 is 14.7 Å². The first-order valence-corrected chi connectivity index (χ1v) is 2.48. The van der Waals surface area contributed by atoms with Gasteiger partial charge in [-0.25, -0.2) is 5.43 Å². The van der Waals surface area contributed by atoms with Gasteiger partial charge in [0.05, 0.1) is 0 Å². The summed E-state index contributed by atoms with van der Waals surface area (Å²) in [5.74, 6) is -3.47. The Morgan fingerprint density at radius 3 is 2.60 bits per heavy atom. The van der Waals surface area contributed by atoms with Gasteiger partial charge < -0.3 is 10.8 Å². The number of amides is 1. The van der Waals surface area contributed by atoms with E-state index in [1.54, 1.807) is 0 Å². The molecule has 0 bridgehead atoms. The number of nitrogens with zero attached hydrogens (tertiary/aromatic N) is 1. The number of hydrogen-bond acceptors (Lipinski definition) is 4. The summed E-state index contributed by atoms with van der Waals surface area (Å²) in [5.41, 5.74) is 7.00. The molecule has 0 aromatic rings. The highest BCUT2D eigenvalue weighted by Gasteiger charge is 2.34. The molecule has 1 heterocycles. The van der Waals surface area contributed by atoms with Gasteiger partial charge in [0.2, 0.25) is 0 Å². The molecule has 1 rings (SSSR count). The molecule has 6 nitrogen and oxygen atoms in total. The van der Waals surface area contributed by atoms with Gasteiger partial charge in [0.15, 0.2) is 5.92 Å². The van der Waals surface area contributed by atoms with Crippen molar-refractivity contribution >= 4 is 17.7 Å². The normalized spacial score (nSPS) is 23.8. The van der Waals surface area contributed by atoms with E-state index in [9.17, 15) is 9.59 Å². The molecule has 1 aliphatic rings. The number of aliphatic carboxylic acids is 1. The van der Waals surface area contributed by atoms with Crippen LogP contribution < -0.4 is 11.2 Å². The van der Waals surface area contributed by atoms with E-state index in [-0.39, 0.29) is 5.84 Å². The summed E-state index contributed by atoms with van der Waals surface area (Å²) in [5, 5.41) is 11.6. The molecule has 1 aliphatic heterocycles. The summed E-state index contributed by atoms with van der Waals surface area (Å²) in [4.78, 5) is 20.7. The lowest BCUT2D eigenvalue weighted by Crippen LogP contribution is -2.34. The van der Waals surface area contributed by atoms with E-state index in [1.807, 2.05) is 5.43 Å². The molecule has 0 aliphatic carbocycles. The van der Waals surface area contributed by atoms with Gasteiger partial charge in [-0.05, 0) is 0 Å². The minimum absolute atomic E-state index is 0.197.